The van der Waals surface area contributed by atoms with Gasteiger partial charge in [-0.05, 0) is 13.0 Å². The zero-order chi connectivity index (χ0) is 16.2. The molecule has 111 valence electrons. The summed E-state index contributed by atoms with van der Waals surface area (Å²) in [5, 5.41) is 8.46. The third kappa shape index (κ3) is 3.54. The lowest BCUT2D eigenvalue weighted by molar-refractivity contribution is 0.0695. The fourth-order valence-electron chi connectivity index (χ4n) is 1.66. The molecule has 10 heteroatoms. The summed E-state index contributed by atoms with van der Waals surface area (Å²) in [4.78, 5) is 26.6. The van der Waals surface area contributed by atoms with Crippen molar-refractivity contribution in [1.29, 1.82) is 0 Å². The highest BCUT2D eigenvalue weighted by Gasteiger charge is 2.16. The molecule has 2 heterocycles. The van der Waals surface area contributed by atoms with E-state index >= 15 is 0 Å². The van der Waals surface area contributed by atoms with Crippen LogP contribution in [-0.2, 0) is 6.54 Å². The zero-order valence-corrected chi connectivity index (χ0v) is 11.4. The highest BCUT2D eigenvalue weighted by Crippen LogP contribution is 2.17. The van der Waals surface area contributed by atoms with Crippen LogP contribution in [0.25, 0.3) is 11.0 Å². The highest BCUT2D eigenvalue weighted by molar-refractivity contribution is 6.29. The lowest BCUT2D eigenvalue weighted by atomic mass is 10.2. The fraction of sp³-hybridized carbons (Fsp3) is 0.182. The van der Waals surface area contributed by atoms with Crippen LogP contribution in [0.4, 0.5) is 13.0 Å². The largest absolute Gasteiger partial charge is 0.577 e. The van der Waals surface area contributed by atoms with Crippen LogP contribution in [0.15, 0.2) is 17.1 Å². The van der Waals surface area contributed by atoms with Crippen molar-refractivity contribution in [1.82, 2.24) is 9.55 Å². The van der Waals surface area contributed by atoms with Crippen LogP contribution < -0.4 is 5.43 Å². The minimum atomic E-state index is -1.36. The van der Waals surface area contributed by atoms with Crippen LogP contribution in [-0.4, -0.2) is 28.5 Å². The van der Waals surface area contributed by atoms with Crippen molar-refractivity contribution in [2.24, 2.45) is 0 Å². The van der Waals surface area contributed by atoms with Crippen LogP contribution in [0.1, 0.15) is 17.3 Å². The summed E-state index contributed by atoms with van der Waals surface area (Å²) >= 11 is 5.55. The molecule has 0 unspecified atom stereocenters. The van der Waals surface area contributed by atoms with Crippen molar-refractivity contribution >= 4 is 36.4 Å². The van der Waals surface area contributed by atoms with Crippen LogP contribution in [0.2, 0.25) is 5.15 Å². The molecule has 0 atom stereocenters. The smallest absolute Gasteiger partial charge is 0.477 e. The van der Waals surface area contributed by atoms with Gasteiger partial charge in [-0.2, -0.15) is 0 Å². The Balaban J connectivity index is 0.000000677. The number of carboxylic acids is 1. The summed E-state index contributed by atoms with van der Waals surface area (Å²) < 4.78 is 33.7. The summed E-state index contributed by atoms with van der Waals surface area (Å²) in [5.41, 5.74) is -1.03. The standard InChI is InChI=1S/C11H8ClFN2O3.BF2/c1-2-15-4-6(11(17)18)8(16)5-3-7(13)9(12)14-10(5)15;2-1-3/h3-4H,2H2,1H3,(H,17,18);. The molecule has 0 saturated heterocycles. The summed E-state index contributed by atoms with van der Waals surface area (Å²) in [6.07, 6.45) is 1.17. The van der Waals surface area contributed by atoms with Crippen molar-refractivity contribution in [2.75, 3.05) is 0 Å². The molecule has 0 aliphatic carbocycles. The number of hydrogen-bond acceptors (Lipinski definition) is 3. The van der Waals surface area contributed by atoms with Gasteiger partial charge in [0.05, 0.1) is 5.39 Å². The fourth-order valence-corrected chi connectivity index (χ4v) is 1.79. The Labute approximate surface area is 122 Å². The second kappa shape index (κ2) is 7.12. The number of aromatic nitrogens is 2. The molecule has 0 saturated carbocycles. The van der Waals surface area contributed by atoms with E-state index in [2.05, 4.69) is 4.98 Å². The number of rotatable bonds is 2. The number of carbonyl (C=O) groups is 1. The van der Waals surface area contributed by atoms with Gasteiger partial charge in [0.1, 0.15) is 11.2 Å². The van der Waals surface area contributed by atoms with E-state index in [-0.39, 0.29) is 16.2 Å². The number of pyridine rings is 2. The first-order valence-electron chi connectivity index (χ1n) is 5.51. The number of carboxylic acid groups (broad SMARTS) is 1. The van der Waals surface area contributed by atoms with E-state index in [1.54, 1.807) is 6.92 Å². The maximum atomic E-state index is 13.3. The molecule has 0 amide bonds. The maximum Gasteiger partial charge on any atom is 0.577 e. The number of fused-ring (bicyclic) bond motifs is 1. The van der Waals surface area contributed by atoms with E-state index in [4.69, 9.17) is 16.7 Å². The van der Waals surface area contributed by atoms with Gasteiger partial charge in [-0.15, -0.1) is 0 Å². The van der Waals surface area contributed by atoms with E-state index in [1.807, 2.05) is 0 Å². The van der Waals surface area contributed by atoms with E-state index in [0.717, 1.165) is 6.07 Å². The van der Waals surface area contributed by atoms with Gasteiger partial charge in [0, 0.05) is 12.7 Å². The first-order valence-corrected chi connectivity index (χ1v) is 5.89. The van der Waals surface area contributed by atoms with Gasteiger partial charge in [-0.25, -0.2) is 14.2 Å². The third-order valence-electron chi connectivity index (χ3n) is 2.53. The molecule has 1 radical (unpaired) electrons. The van der Waals surface area contributed by atoms with E-state index < -0.39 is 30.6 Å². The quantitative estimate of drug-likeness (QED) is 0.681. The molecule has 0 bridgehead atoms. The summed E-state index contributed by atoms with van der Waals surface area (Å²) in [6, 6.07) is 0.908. The Hall–Kier alpha value is -2.03. The number of hydrogen-bond donors (Lipinski definition) is 1. The van der Waals surface area contributed by atoms with Crippen molar-refractivity contribution in [3.63, 3.8) is 0 Å². The average molecular weight is 319 g/mol. The highest BCUT2D eigenvalue weighted by atomic mass is 35.5. The monoisotopic (exact) mass is 319 g/mol. The van der Waals surface area contributed by atoms with Gasteiger partial charge in [0.15, 0.2) is 11.0 Å². The average Bonchev–Trinajstić information content (AvgIpc) is 2.42. The minimum absolute atomic E-state index is 0.0985. The van der Waals surface area contributed by atoms with Gasteiger partial charge in [0.25, 0.3) is 0 Å². The third-order valence-corrected chi connectivity index (χ3v) is 2.80. The van der Waals surface area contributed by atoms with Crippen LogP contribution in [0.3, 0.4) is 0 Å². The number of halogens is 4. The van der Waals surface area contributed by atoms with Gasteiger partial charge < -0.3 is 9.67 Å². The van der Waals surface area contributed by atoms with E-state index in [9.17, 15) is 22.6 Å². The topological polar surface area (TPSA) is 72.2 Å². The number of aromatic carboxylic acids is 1. The second-order valence-electron chi connectivity index (χ2n) is 3.68. The summed E-state index contributed by atoms with van der Waals surface area (Å²) in [5.74, 6) is -2.22. The molecule has 0 spiro atoms. The van der Waals surface area contributed by atoms with Crippen molar-refractivity contribution < 1.29 is 22.9 Å². The zero-order valence-electron chi connectivity index (χ0n) is 10.6. The first kappa shape index (κ1) is 17.0. The van der Waals surface area contributed by atoms with Gasteiger partial charge in [0.2, 0.25) is 5.43 Å². The van der Waals surface area contributed by atoms with Gasteiger partial charge in [-0.3, -0.25) is 13.4 Å². The minimum Gasteiger partial charge on any atom is -0.477 e. The maximum absolute atomic E-state index is 13.3. The van der Waals surface area contributed by atoms with E-state index in [0.29, 0.717) is 6.54 Å². The Bertz CT molecular complexity index is 739. The Morgan fingerprint density at radius 3 is 2.57 bits per heavy atom. The molecule has 2 rings (SSSR count). The molecular formula is C11H8BClF3N2O3. The molecule has 5 nitrogen and oxygen atoms in total. The predicted molar refractivity (Wildman–Crippen MR) is 71.6 cm³/mol. The SMILES string of the molecule is CCn1cc(C(=O)O)c(=O)c2cc(F)c(Cl)nc21.F[B]F. The number of nitrogens with zero attached hydrogens (tertiary/aromatic N) is 2. The molecule has 0 aliphatic heterocycles. The molecule has 1 N–H and O–H groups in total. The Morgan fingerprint density at radius 1 is 1.52 bits per heavy atom. The van der Waals surface area contributed by atoms with E-state index in [1.165, 1.54) is 10.8 Å². The van der Waals surface area contributed by atoms with Crippen molar-refractivity contribution in [3.8, 4) is 0 Å². The second-order valence-corrected chi connectivity index (χ2v) is 4.04. The van der Waals surface area contributed by atoms with Gasteiger partial charge in [-0.1, -0.05) is 11.6 Å². The normalized spacial score (nSPS) is 9.95. The molecule has 0 aromatic carbocycles. The summed E-state index contributed by atoms with van der Waals surface area (Å²) in [6.45, 7) is 2.13. The number of aryl methyl sites for hydroxylation is 1. The summed E-state index contributed by atoms with van der Waals surface area (Å²) in [7, 11) is -1.00. The Morgan fingerprint density at radius 2 is 2.10 bits per heavy atom. The molecular weight excluding hydrogens is 311 g/mol. The lowest BCUT2D eigenvalue weighted by Gasteiger charge is -2.09. The molecule has 0 fully saturated rings. The van der Waals surface area contributed by atoms with Crippen molar-refractivity contribution in [2.45, 2.75) is 13.5 Å². The van der Waals surface area contributed by atoms with Gasteiger partial charge >= 0.3 is 13.8 Å². The van der Waals surface area contributed by atoms with Crippen LogP contribution in [0, 0.1) is 5.82 Å². The van der Waals surface area contributed by atoms with Crippen LogP contribution in [0.5, 0.6) is 0 Å². The van der Waals surface area contributed by atoms with Crippen LogP contribution >= 0.6 is 11.6 Å². The predicted octanol–water partition coefficient (Wildman–Crippen LogP) is 2.37. The molecule has 2 aromatic rings. The lowest BCUT2D eigenvalue weighted by Crippen LogP contribution is -2.19. The first-order chi connectivity index (χ1) is 9.87. The van der Waals surface area contributed by atoms with Crippen molar-refractivity contribution in [3.05, 3.63) is 39.0 Å². The molecule has 0 aliphatic rings. The molecule has 2 aromatic heterocycles. The molecule has 21 heavy (non-hydrogen) atoms. The Kier molecular flexibility index (Phi) is 5.77.